The quantitative estimate of drug-likeness (QED) is 0.488. The fourth-order valence-corrected chi connectivity index (χ4v) is 2.74. The molecule has 0 saturated carbocycles. The molecule has 1 fully saturated rings. The molecule has 1 atom stereocenters. The van der Waals surface area contributed by atoms with E-state index in [-0.39, 0.29) is 10.6 Å². The van der Waals surface area contributed by atoms with Crippen LogP contribution in [-0.2, 0) is 0 Å². The van der Waals surface area contributed by atoms with Crippen molar-refractivity contribution >= 4 is 28.3 Å². The third-order valence-corrected chi connectivity index (χ3v) is 3.97. The maximum absolute atomic E-state index is 11.0. The fourth-order valence-electron chi connectivity index (χ4n) is 2.26. The molecule has 0 amide bonds. The fraction of sp³-hybridized carbons (Fsp3) is 0.538. The molecule has 1 aliphatic heterocycles. The second kappa shape index (κ2) is 7.04. The van der Waals surface area contributed by atoms with Gasteiger partial charge in [-0.25, -0.2) is 0 Å². The number of nitro groups is 1. The Balaban J connectivity index is 1.89. The smallest absolute Gasteiger partial charge is 0.311 e. The van der Waals surface area contributed by atoms with E-state index in [0.717, 1.165) is 23.1 Å². The Hall–Kier alpha value is -0.890. The van der Waals surface area contributed by atoms with Gasteiger partial charge in [0.15, 0.2) is 5.75 Å². The molecule has 0 spiro atoms. The number of nitro benzene ring substituents is 1. The summed E-state index contributed by atoms with van der Waals surface area (Å²) >= 11 is 2.06. The zero-order chi connectivity index (χ0) is 13.7. The molecule has 1 aliphatic rings. The van der Waals surface area contributed by atoms with Gasteiger partial charge in [0.05, 0.1) is 11.5 Å². The van der Waals surface area contributed by atoms with Gasteiger partial charge in [-0.3, -0.25) is 10.1 Å². The van der Waals surface area contributed by atoms with Crippen LogP contribution < -0.4 is 10.1 Å². The Bertz CT molecular complexity index is 448. The van der Waals surface area contributed by atoms with Crippen LogP contribution in [0.3, 0.4) is 0 Å². The molecule has 0 aromatic heterocycles. The Morgan fingerprint density at radius 3 is 3.05 bits per heavy atom. The normalized spacial score (nSPS) is 19.1. The van der Waals surface area contributed by atoms with Crippen molar-refractivity contribution in [2.75, 3.05) is 19.7 Å². The molecule has 1 heterocycles. The van der Waals surface area contributed by atoms with E-state index in [1.165, 1.54) is 18.9 Å². The lowest BCUT2D eigenvalue weighted by molar-refractivity contribution is -0.386. The minimum absolute atomic E-state index is 0.0497. The van der Waals surface area contributed by atoms with Gasteiger partial charge >= 0.3 is 5.69 Å². The molecule has 0 aliphatic carbocycles. The van der Waals surface area contributed by atoms with Crippen LogP contribution in [0.1, 0.15) is 19.3 Å². The number of nitrogens with one attached hydrogen (secondary N) is 1. The summed E-state index contributed by atoms with van der Waals surface area (Å²) in [5.41, 5.74) is 0.0497. The molecule has 1 aromatic carbocycles. The van der Waals surface area contributed by atoms with Gasteiger partial charge in [-0.05, 0) is 73.0 Å². The van der Waals surface area contributed by atoms with Crippen LogP contribution in [0.4, 0.5) is 5.69 Å². The maximum Gasteiger partial charge on any atom is 0.311 e. The highest BCUT2D eigenvalue weighted by Crippen LogP contribution is 2.29. The third kappa shape index (κ3) is 4.31. The molecule has 1 unspecified atom stereocenters. The predicted molar refractivity (Wildman–Crippen MR) is 81.5 cm³/mol. The van der Waals surface area contributed by atoms with Crippen molar-refractivity contribution in [3.05, 3.63) is 31.9 Å². The third-order valence-electron chi connectivity index (χ3n) is 3.30. The highest BCUT2D eigenvalue weighted by atomic mass is 127. The first kappa shape index (κ1) is 14.5. The largest absolute Gasteiger partial charge is 0.487 e. The van der Waals surface area contributed by atoms with E-state index >= 15 is 0 Å². The maximum atomic E-state index is 11.0. The number of piperidine rings is 1. The monoisotopic (exact) mass is 376 g/mol. The van der Waals surface area contributed by atoms with E-state index in [4.69, 9.17) is 4.74 Å². The van der Waals surface area contributed by atoms with Crippen molar-refractivity contribution in [2.45, 2.75) is 19.3 Å². The molecule has 0 bridgehead atoms. The Morgan fingerprint density at radius 2 is 2.37 bits per heavy atom. The molecule has 6 heteroatoms. The zero-order valence-corrected chi connectivity index (χ0v) is 12.8. The van der Waals surface area contributed by atoms with Crippen molar-refractivity contribution in [1.82, 2.24) is 5.32 Å². The van der Waals surface area contributed by atoms with E-state index in [2.05, 4.69) is 27.9 Å². The summed E-state index contributed by atoms with van der Waals surface area (Å²) in [4.78, 5) is 10.6. The van der Waals surface area contributed by atoms with Gasteiger partial charge in [0.2, 0.25) is 0 Å². The molecule has 0 radical (unpaired) electrons. The first-order chi connectivity index (χ1) is 9.16. The number of rotatable bonds is 5. The Labute approximate surface area is 126 Å². The van der Waals surface area contributed by atoms with Crippen molar-refractivity contribution in [3.63, 3.8) is 0 Å². The molecule has 2 rings (SSSR count). The summed E-state index contributed by atoms with van der Waals surface area (Å²) in [6.07, 6.45) is 3.36. The molecule has 19 heavy (non-hydrogen) atoms. The molecular weight excluding hydrogens is 359 g/mol. The molecule has 5 nitrogen and oxygen atoms in total. The summed E-state index contributed by atoms with van der Waals surface area (Å²) in [6.45, 7) is 2.66. The van der Waals surface area contributed by atoms with Crippen molar-refractivity contribution in [2.24, 2.45) is 5.92 Å². The SMILES string of the molecule is O=[N+]([O-])c1cc(I)ccc1OCCC1CCCNC1. The second-order valence-corrected chi connectivity index (χ2v) is 5.96. The van der Waals surface area contributed by atoms with E-state index in [1.54, 1.807) is 6.07 Å². The number of halogens is 1. The summed E-state index contributed by atoms with van der Waals surface area (Å²) in [6, 6.07) is 5.04. The molecule has 1 N–H and O–H groups in total. The van der Waals surface area contributed by atoms with E-state index in [0.29, 0.717) is 18.3 Å². The van der Waals surface area contributed by atoms with Gasteiger partial charge in [0, 0.05) is 9.64 Å². The lowest BCUT2D eigenvalue weighted by Crippen LogP contribution is -2.30. The topological polar surface area (TPSA) is 64.4 Å². The highest BCUT2D eigenvalue weighted by molar-refractivity contribution is 14.1. The van der Waals surface area contributed by atoms with Gasteiger partial charge in [-0.15, -0.1) is 0 Å². The predicted octanol–water partition coefficient (Wildman–Crippen LogP) is 2.97. The second-order valence-electron chi connectivity index (χ2n) is 4.72. The van der Waals surface area contributed by atoms with Gasteiger partial charge in [-0.2, -0.15) is 0 Å². The lowest BCUT2D eigenvalue weighted by atomic mass is 9.97. The summed E-state index contributed by atoms with van der Waals surface area (Å²) in [5, 5.41) is 14.3. The molecule has 1 saturated heterocycles. The van der Waals surface area contributed by atoms with Crippen LogP contribution in [0.25, 0.3) is 0 Å². The standard InChI is InChI=1S/C13H17IN2O3/c14-11-3-4-13(12(8-11)16(17)18)19-7-5-10-2-1-6-15-9-10/h3-4,8,10,15H,1-2,5-7,9H2. The van der Waals surface area contributed by atoms with Crippen molar-refractivity contribution in [1.29, 1.82) is 0 Å². The van der Waals surface area contributed by atoms with E-state index in [9.17, 15) is 10.1 Å². The number of nitrogens with zero attached hydrogens (tertiary/aromatic N) is 1. The molecule has 104 valence electrons. The van der Waals surface area contributed by atoms with Crippen LogP contribution in [0.15, 0.2) is 18.2 Å². The van der Waals surface area contributed by atoms with Gasteiger partial charge < -0.3 is 10.1 Å². The van der Waals surface area contributed by atoms with E-state index < -0.39 is 0 Å². The Kier molecular flexibility index (Phi) is 5.38. The van der Waals surface area contributed by atoms with Crippen molar-refractivity contribution < 1.29 is 9.66 Å². The van der Waals surface area contributed by atoms with Crippen LogP contribution in [0.2, 0.25) is 0 Å². The summed E-state index contributed by atoms with van der Waals surface area (Å²) < 4.78 is 6.42. The minimum atomic E-state index is -0.389. The number of hydrogen-bond donors (Lipinski definition) is 1. The highest BCUT2D eigenvalue weighted by Gasteiger charge is 2.17. The van der Waals surface area contributed by atoms with Crippen molar-refractivity contribution in [3.8, 4) is 5.75 Å². The van der Waals surface area contributed by atoms with Gasteiger partial charge in [0.1, 0.15) is 0 Å². The van der Waals surface area contributed by atoms with Crippen LogP contribution in [0, 0.1) is 19.6 Å². The molecule has 1 aromatic rings. The van der Waals surface area contributed by atoms with Crippen LogP contribution in [0.5, 0.6) is 5.75 Å². The van der Waals surface area contributed by atoms with Crippen LogP contribution >= 0.6 is 22.6 Å². The summed E-state index contributed by atoms with van der Waals surface area (Å²) in [5.74, 6) is 0.992. The summed E-state index contributed by atoms with van der Waals surface area (Å²) in [7, 11) is 0. The van der Waals surface area contributed by atoms with Gasteiger partial charge in [0.25, 0.3) is 0 Å². The average molecular weight is 376 g/mol. The number of ether oxygens (including phenoxy) is 1. The first-order valence-electron chi connectivity index (χ1n) is 6.44. The van der Waals surface area contributed by atoms with Gasteiger partial charge in [-0.1, -0.05) is 0 Å². The van der Waals surface area contributed by atoms with Crippen LogP contribution in [-0.4, -0.2) is 24.6 Å². The minimum Gasteiger partial charge on any atom is -0.487 e. The first-order valence-corrected chi connectivity index (χ1v) is 7.52. The van der Waals surface area contributed by atoms with E-state index in [1.807, 2.05) is 6.07 Å². The lowest BCUT2D eigenvalue weighted by Gasteiger charge is -2.22. The zero-order valence-electron chi connectivity index (χ0n) is 10.6. The average Bonchev–Trinajstić information content (AvgIpc) is 2.41. The number of benzene rings is 1. The Morgan fingerprint density at radius 1 is 1.53 bits per heavy atom. The number of hydrogen-bond acceptors (Lipinski definition) is 4. The molecular formula is C13H17IN2O3.